The average Bonchev–Trinajstić information content (AvgIpc) is 2.00. The molecule has 1 aliphatic rings. The highest BCUT2D eigenvalue weighted by Crippen LogP contribution is 2.13. The van der Waals surface area contributed by atoms with E-state index in [9.17, 15) is 4.79 Å². The lowest BCUT2D eigenvalue weighted by Gasteiger charge is -2.13. The van der Waals surface area contributed by atoms with E-state index in [1.807, 2.05) is 0 Å². The Bertz CT molecular complexity index is 102. The molecule has 0 saturated heterocycles. The molecule has 0 aromatic carbocycles. The van der Waals surface area contributed by atoms with Gasteiger partial charge in [0.2, 0.25) is 0 Å². The maximum absolute atomic E-state index is 10.5. The maximum atomic E-state index is 10.5. The second-order valence-electron chi connectivity index (χ2n) is 2.23. The maximum Gasteiger partial charge on any atom is 0.161 e. The van der Waals surface area contributed by atoms with Crippen molar-refractivity contribution < 1.29 is 20.4 Å². The quantitative estimate of drug-likeness (QED) is 0.345. The molecule has 4 nitrogen and oxygen atoms in total. The molecule has 0 heterocycles. The molecule has 0 bridgehead atoms. The lowest BCUT2D eigenvalue weighted by molar-refractivity contribution is -0.176. The first kappa shape index (κ1) is 9.55. The summed E-state index contributed by atoms with van der Waals surface area (Å²) in [7, 11) is 0. The molecule has 1 rings (SSSR count). The van der Waals surface area contributed by atoms with Gasteiger partial charge in [0.05, 0.1) is 0 Å². The van der Waals surface area contributed by atoms with Gasteiger partial charge in [-0.15, -0.1) is 0 Å². The van der Waals surface area contributed by atoms with Gasteiger partial charge in [-0.05, 0) is 19.3 Å². The first-order valence-electron chi connectivity index (χ1n) is 3.21. The van der Waals surface area contributed by atoms with E-state index in [0.29, 0.717) is 12.8 Å². The number of aliphatic hydroxyl groups excluding tert-OH is 1. The zero-order chi connectivity index (χ0) is 7.98. The van der Waals surface area contributed by atoms with Crippen molar-refractivity contribution in [3.05, 3.63) is 0 Å². The zero-order valence-electron chi connectivity index (χ0n) is 5.66. The summed E-state index contributed by atoms with van der Waals surface area (Å²) >= 11 is 0. The average molecular weight is 148 g/mol. The van der Waals surface area contributed by atoms with Crippen molar-refractivity contribution in [1.82, 2.24) is 0 Å². The Hall–Kier alpha value is -0.450. The van der Waals surface area contributed by atoms with Crippen LogP contribution in [0.15, 0.2) is 0 Å². The number of ketones is 1. The molecule has 1 fully saturated rings. The van der Waals surface area contributed by atoms with Crippen LogP contribution in [0.2, 0.25) is 0 Å². The first-order valence-corrected chi connectivity index (χ1v) is 3.21. The third-order valence-corrected chi connectivity index (χ3v) is 1.52. The fourth-order valence-corrected chi connectivity index (χ4v) is 0.965. The van der Waals surface area contributed by atoms with Crippen LogP contribution in [0.25, 0.3) is 0 Å². The summed E-state index contributed by atoms with van der Waals surface area (Å²) in [6, 6.07) is 0. The zero-order valence-corrected chi connectivity index (χ0v) is 5.66. The Kier molecular flexibility index (Phi) is 5.10. The van der Waals surface area contributed by atoms with Crippen LogP contribution in [0, 0.1) is 0 Å². The van der Waals surface area contributed by atoms with Crippen LogP contribution in [0.4, 0.5) is 0 Å². The standard InChI is InChI=1S/C6H10O2.H2O2/c7-5-3-1-2-4-6(5)8;1-2/h5,7H,1-4H2;1-2H. The van der Waals surface area contributed by atoms with Crippen LogP contribution in [0.1, 0.15) is 25.7 Å². The van der Waals surface area contributed by atoms with E-state index in [0.717, 1.165) is 12.8 Å². The number of rotatable bonds is 0. The lowest BCUT2D eigenvalue weighted by atomic mass is 9.97. The topological polar surface area (TPSA) is 77.8 Å². The van der Waals surface area contributed by atoms with Gasteiger partial charge in [0, 0.05) is 6.42 Å². The number of carbonyl (C=O) groups is 1. The summed E-state index contributed by atoms with van der Waals surface area (Å²) in [6.07, 6.45) is 2.60. The van der Waals surface area contributed by atoms with E-state index in [-0.39, 0.29) is 5.78 Å². The molecule has 0 aromatic heterocycles. The van der Waals surface area contributed by atoms with Crippen LogP contribution in [-0.2, 0) is 4.79 Å². The van der Waals surface area contributed by atoms with Gasteiger partial charge >= 0.3 is 0 Å². The van der Waals surface area contributed by atoms with Crippen molar-refractivity contribution in [1.29, 1.82) is 0 Å². The molecule has 1 saturated carbocycles. The van der Waals surface area contributed by atoms with Crippen molar-refractivity contribution >= 4 is 5.78 Å². The molecule has 1 unspecified atom stereocenters. The summed E-state index contributed by atoms with van der Waals surface area (Å²) < 4.78 is 0. The van der Waals surface area contributed by atoms with Crippen molar-refractivity contribution in [2.45, 2.75) is 31.8 Å². The van der Waals surface area contributed by atoms with Crippen molar-refractivity contribution in [2.75, 3.05) is 0 Å². The molecule has 10 heavy (non-hydrogen) atoms. The predicted molar refractivity (Wildman–Crippen MR) is 34.7 cm³/mol. The minimum atomic E-state index is -0.635. The smallest absolute Gasteiger partial charge is 0.161 e. The molecular weight excluding hydrogens is 136 g/mol. The Morgan fingerprint density at radius 1 is 1.30 bits per heavy atom. The fourth-order valence-electron chi connectivity index (χ4n) is 0.965. The first-order chi connectivity index (χ1) is 4.80. The van der Waals surface area contributed by atoms with Gasteiger partial charge in [-0.1, -0.05) is 0 Å². The third-order valence-electron chi connectivity index (χ3n) is 1.52. The summed E-state index contributed by atoms with van der Waals surface area (Å²) in [4.78, 5) is 10.5. The molecule has 60 valence electrons. The van der Waals surface area contributed by atoms with E-state index >= 15 is 0 Å². The van der Waals surface area contributed by atoms with Crippen LogP contribution in [0.5, 0.6) is 0 Å². The SMILES string of the molecule is O=C1CCCCC1O.OO. The van der Waals surface area contributed by atoms with Gasteiger partial charge in [0.1, 0.15) is 6.10 Å². The molecule has 0 aromatic rings. The fraction of sp³-hybridized carbons (Fsp3) is 0.833. The summed E-state index contributed by atoms with van der Waals surface area (Å²) in [5.41, 5.74) is 0. The second kappa shape index (κ2) is 5.34. The van der Waals surface area contributed by atoms with Gasteiger partial charge in [0.15, 0.2) is 5.78 Å². The lowest BCUT2D eigenvalue weighted by Crippen LogP contribution is -2.23. The number of hydrogen-bond acceptors (Lipinski definition) is 4. The van der Waals surface area contributed by atoms with Crippen LogP contribution in [0.3, 0.4) is 0 Å². The van der Waals surface area contributed by atoms with Crippen LogP contribution in [-0.4, -0.2) is 27.5 Å². The van der Waals surface area contributed by atoms with Crippen LogP contribution >= 0.6 is 0 Å². The van der Waals surface area contributed by atoms with Gasteiger partial charge in [-0.25, -0.2) is 0 Å². The molecule has 0 radical (unpaired) electrons. The van der Waals surface area contributed by atoms with E-state index in [1.54, 1.807) is 0 Å². The van der Waals surface area contributed by atoms with Crippen LogP contribution < -0.4 is 0 Å². The van der Waals surface area contributed by atoms with E-state index in [2.05, 4.69) is 0 Å². The molecule has 3 N–H and O–H groups in total. The molecular formula is C6H12O4. The minimum Gasteiger partial charge on any atom is -0.385 e. The van der Waals surface area contributed by atoms with Crippen molar-refractivity contribution in [3.63, 3.8) is 0 Å². The van der Waals surface area contributed by atoms with Crippen molar-refractivity contribution in [2.24, 2.45) is 0 Å². The number of aliphatic hydroxyl groups is 1. The molecule has 1 aliphatic carbocycles. The van der Waals surface area contributed by atoms with E-state index in [4.69, 9.17) is 15.6 Å². The minimum absolute atomic E-state index is 0.0243. The molecule has 0 spiro atoms. The molecule has 0 amide bonds. The third kappa shape index (κ3) is 2.91. The largest absolute Gasteiger partial charge is 0.385 e. The highest BCUT2D eigenvalue weighted by atomic mass is 17.0. The highest BCUT2D eigenvalue weighted by molar-refractivity contribution is 5.83. The second-order valence-corrected chi connectivity index (χ2v) is 2.23. The molecule has 1 atom stereocenters. The van der Waals surface area contributed by atoms with Gasteiger partial charge < -0.3 is 5.11 Å². The number of hydrogen-bond donors (Lipinski definition) is 3. The summed E-state index contributed by atoms with van der Waals surface area (Å²) in [5, 5.41) is 20.8. The number of carbonyl (C=O) groups excluding carboxylic acids is 1. The Morgan fingerprint density at radius 2 is 1.90 bits per heavy atom. The van der Waals surface area contributed by atoms with E-state index < -0.39 is 6.10 Å². The highest BCUT2D eigenvalue weighted by Gasteiger charge is 2.18. The molecule has 0 aliphatic heterocycles. The summed E-state index contributed by atoms with van der Waals surface area (Å²) in [5.74, 6) is 0.0243. The predicted octanol–water partition coefficient (Wildman–Crippen LogP) is 0.508. The molecule has 4 heteroatoms. The van der Waals surface area contributed by atoms with Gasteiger partial charge in [0.25, 0.3) is 0 Å². The number of Topliss-reactive ketones (excluding diaryl/α,β-unsaturated/α-hetero) is 1. The monoisotopic (exact) mass is 148 g/mol. The Balaban J connectivity index is 0.000000371. The normalized spacial score (nSPS) is 25.1. The van der Waals surface area contributed by atoms with Gasteiger partial charge in [-0.2, -0.15) is 0 Å². The Labute approximate surface area is 59.0 Å². The van der Waals surface area contributed by atoms with Crippen molar-refractivity contribution in [3.8, 4) is 0 Å². The Morgan fingerprint density at radius 3 is 2.20 bits per heavy atom. The summed E-state index contributed by atoms with van der Waals surface area (Å²) in [6.45, 7) is 0. The van der Waals surface area contributed by atoms with E-state index in [1.165, 1.54) is 0 Å². The van der Waals surface area contributed by atoms with Gasteiger partial charge in [-0.3, -0.25) is 15.3 Å².